The minimum absolute atomic E-state index is 0.218. The number of nitrogens with zero attached hydrogens (tertiary/aromatic N) is 2. The average Bonchev–Trinajstić information content (AvgIpc) is 3.35. The van der Waals surface area contributed by atoms with Gasteiger partial charge in [-0.3, -0.25) is 14.4 Å². The Kier molecular flexibility index (Phi) is 7.17. The molecule has 7 heteroatoms. The summed E-state index contributed by atoms with van der Waals surface area (Å²) in [5.74, 6) is -5.39. The second-order valence-corrected chi connectivity index (χ2v) is 11.0. The smallest absolute Gasteiger partial charge is 0.328 e. The number of benzene rings is 4. The van der Waals surface area contributed by atoms with E-state index in [1.165, 1.54) is 13.8 Å². The zero-order valence-electron chi connectivity index (χ0n) is 23.4. The maximum absolute atomic E-state index is 14.5. The third-order valence-electron chi connectivity index (χ3n) is 7.63. The van der Waals surface area contributed by atoms with Gasteiger partial charge in [0.05, 0.1) is 5.92 Å². The number of hydrogen-bond donors (Lipinski definition) is 0. The molecular weight excluding hydrogens is 528 g/mol. The molecule has 0 N–H and O–H groups in total. The van der Waals surface area contributed by atoms with Gasteiger partial charge in [0.25, 0.3) is 5.79 Å². The van der Waals surface area contributed by atoms with E-state index in [0.717, 1.165) is 16.6 Å². The Balaban J connectivity index is 1.59. The van der Waals surface area contributed by atoms with Crippen molar-refractivity contribution in [1.82, 2.24) is 4.57 Å². The topological polar surface area (TPSA) is 78.5 Å². The fraction of sp³-hybridized carbons (Fsp3) is 0.200. The van der Waals surface area contributed by atoms with Gasteiger partial charge in [0.2, 0.25) is 6.33 Å². The van der Waals surface area contributed by atoms with Crippen molar-refractivity contribution in [3.05, 3.63) is 138 Å². The van der Waals surface area contributed by atoms with Gasteiger partial charge >= 0.3 is 11.9 Å². The van der Waals surface area contributed by atoms with Gasteiger partial charge in [-0.25, -0.2) is 9.13 Å². The van der Waals surface area contributed by atoms with Gasteiger partial charge < -0.3 is 9.47 Å². The van der Waals surface area contributed by atoms with E-state index in [1.54, 1.807) is 24.3 Å². The van der Waals surface area contributed by atoms with Gasteiger partial charge in [-0.2, -0.15) is 0 Å². The van der Waals surface area contributed by atoms with Crippen LogP contribution in [0.1, 0.15) is 47.3 Å². The first-order chi connectivity index (χ1) is 20.3. The maximum atomic E-state index is 14.5. The molecule has 0 spiro atoms. The quantitative estimate of drug-likeness (QED) is 0.106. The third-order valence-corrected chi connectivity index (χ3v) is 7.63. The van der Waals surface area contributed by atoms with Gasteiger partial charge in [-0.1, -0.05) is 103 Å². The zero-order chi connectivity index (χ0) is 29.3. The largest absolute Gasteiger partial charge is 0.422 e. The Bertz CT molecular complexity index is 1730. The molecule has 0 saturated carbocycles. The number of imidazole rings is 1. The highest BCUT2D eigenvalue weighted by atomic mass is 16.7. The van der Waals surface area contributed by atoms with E-state index in [9.17, 15) is 14.4 Å². The molecule has 0 bridgehead atoms. The highest BCUT2D eigenvalue weighted by molar-refractivity contribution is 6.04. The zero-order valence-corrected chi connectivity index (χ0v) is 23.4. The highest BCUT2D eigenvalue weighted by Crippen LogP contribution is 2.42. The Labute approximate surface area is 243 Å². The predicted molar refractivity (Wildman–Crippen MR) is 156 cm³/mol. The monoisotopic (exact) mass is 559 g/mol. The van der Waals surface area contributed by atoms with E-state index in [1.807, 2.05) is 102 Å². The van der Waals surface area contributed by atoms with Crippen LogP contribution >= 0.6 is 0 Å². The fourth-order valence-electron chi connectivity index (χ4n) is 5.81. The first kappa shape index (κ1) is 27.1. The highest BCUT2D eigenvalue weighted by Gasteiger charge is 2.54. The van der Waals surface area contributed by atoms with Crippen molar-refractivity contribution in [2.75, 3.05) is 0 Å². The van der Waals surface area contributed by atoms with Crippen LogP contribution in [0.2, 0.25) is 0 Å². The minimum Gasteiger partial charge on any atom is -0.422 e. The first-order valence-corrected chi connectivity index (χ1v) is 14.0. The normalized spacial score (nSPS) is 16.4. The van der Waals surface area contributed by atoms with Crippen molar-refractivity contribution in [2.45, 2.75) is 38.1 Å². The molecule has 7 nitrogen and oxygen atoms in total. The molecule has 0 radical (unpaired) electrons. The lowest BCUT2D eigenvalue weighted by molar-refractivity contribution is -0.663. The molecule has 4 aromatic carbocycles. The standard InChI is InChI=1S/C35H31N2O5/c1-35(2)41-33(39)30(34(40)42-35)31(29(25-16-8-4-9-17-25)32(38)26-18-10-5-11-19-26)37-23-36(22-24-14-6-3-7-15-24)27-20-12-13-21-28(27)37/h3-21,23,29-31H,22H2,1-2H3/q+1. The number of ether oxygens (including phenoxy) is 2. The van der Waals surface area contributed by atoms with E-state index in [2.05, 4.69) is 4.57 Å². The number of cyclic esters (lactones) is 2. The lowest BCUT2D eigenvalue weighted by atomic mass is 9.78. The molecule has 210 valence electrons. The maximum Gasteiger partial charge on any atom is 0.328 e. The Morgan fingerprint density at radius 3 is 1.98 bits per heavy atom. The van der Waals surface area contributed by atoms with Crippen LogP contribution < -0.4 is 4.57 Å². The van der Waals surface area contributed by atoms with Crippen molar-refractivity contribution in [2.24, 2.45) is 5.92 Å². The van der Waals surface area contributed by atoms with Crippen molar-refractivity contribution < 1.29 is 28.4 Å². The van der Waals surface area contributed by atoms with Crippen LogP contribution in [0.3, 0.4) is 0 Å². The number of para-hydroxylation sites is 2. The van der Waals surface area contributed by atoms with Crippen molar-refractivity contribution in [1.29, 1.82) is 0 Å². The van der Waals surface area contributed by atoms with E-state index in [-0.39, 0.29) is 5.78 Å². The Morgan fingerprint density at radius 1 is 0.786 bits per heavy atom. The molecule has 42 heavy (non-hydrogen) atoms. The van der Waals surface area contributed by atoms with Crippen molar-refractivity contribution in [3.8, 4) is 0 Å². The number of esters is 2. The van der Waals surface area contributed by atoms with Gasteiger partial charge in [0.1, 0.15) is 12.6 Å². The Hall–Kier alpha value is -5.04. The predicted octanol–water partition coefficient (Wildman–Crippen LogP) is 5.64. The van der Waals surface area contributed by atoms with Crippen LogP contribution in [0.15, 0.2) is 122 Å². The summed E-state index contributed by atoms with van der Waals surface area (Å²) >= 11 is 0. The molecule has 5 aromatic rings. The number of ketones is 1. The number of rotatable bonds is 8. The molecule has 1 aromatic heterocycles. The lowest BCUT2D eigenvalue weighted by Crippen LogP contribution is -2.51. The summed E-state index contributed by atoms with van der Waals surface area (Å²) in [5.41, 5.74) is 3.89. The van der Waals surface area contributed by atoms with E-state index >= 15 is 0 Å². The number of carbonyl (C=O) groups is 3. The Morgan fingerprint density at radius 2 is 1.33 bits per heavy atom. The molecule has 1 aliphatic heterocycles. The summed E-state index contributed by atoms with van der Waals surface area (Å²) < 4.78 is 15.2. The SMILES string of the molecule is CC1(C)OC(=O)C(C(C(C(=O)c2ccccc2)c2ccccc2)n2c[n+](Cc3ccccc3)c3ccccc32)C(=O)O1. The van der Waals surface area contributed by atoms with Crippen LogP contribution in [0.4, 0.5) is 0 Å². The van der Waals surface area contributed by atoms with Gasteiger partial charge in [0, 0.05) is 19.4 Å². The number of hydrogen-bond acceptors (Lipinski definition) is 5. The number of carbonyl (C=O) groups excluding carboxylic acids is 3. The van der Waals surface area contributed by atoms with Crippen molar-refractivity contribution >= 4 is 28.8 Å². The summed E-state index contributed by atoms with van der Waals surface area (Å²) in [4.78, 5) is 41.9. The number of aromatic nitrogens is 2. The summed E-state index contributed by atoms with van der Waals surface area (Å²) in [6.07, 6.45) is 1.89. The molecule has 2 heterocycles. The molecule has 0 aliphatic carbocycles. The summed E-state index contributed by atoms with van der Waals surface area (Å²) in [6, 6.07) is 35.0. The molecule has 2 unspecified atom stereocenters. The van der Waals surface area contributed by atoms with Gasteiger partial charge in [0.15, 0.2) is 22.7 Å². The summed E-state index contributed by atoms with van der Waals surface area (Å²) in [5, 5.41) is 0. The second-order valence-electron chi connectivity index (χ2n) is 11.0. The second kappa shape index (κ2) is 11.1. The molecule has 1 saturated heterocycles. The lowest BCUT2D eigenvalue weighted by Gasteiger charge is -2.37. The molecule has 1 aliphatic rings. The number of fused-ring (bicyclic) bond motifs is 1. The molecule has 1 fully saturated rings. The van der Waals surface area contributed by atoms with E-state index in [0.29, 0.717) is 17.7 Å². The fourth-order valence-corrected chi connectivity index (χ4v) is 5.81. The first-order valence-electron chi connectivity index (χ1n) is 14.0. The number of Topliss-reactive ketones (excluding diaryl/α,β-unsaturated/α-hetero) is 1. The summed E-state index contributed by atoms with van der Waals surface area (Å²) in [7, 11) is 0. The van der Waals surface area contributed by atoms with Crippen LogP contribution in [0, 0.1) is 5.92 Å². The minimum atomic E-state index is -1.41. The molecule has 2 atom stereocenters. The van der Waals surface area contributed by atoms with Crippen LogP contribution in [0.5, 0.6) is 0 Å². The molecule has 0 amide bonds. The summed E-state index contributed by atoms with van der Waals surface area (Å²) in [6.45, 7) is 3.60. The van der Waals surface area contributed by atoms with Crippen molar-refractivity contribution in [3.63, 3.8) is 0 Å². The van der Waals surface area contributed by atoms with Crippen LogP contribution in [-0.2, 0) is 25.6 Å². The van der Waals surface area contributed by atoms with E-state index < -0.39 is 35.6 Å². The van der Waals surface area contributed by atoms with Crippen LogP contribution in [0.25, 0.3) is 11.0 Å². The van der Waals surface area contributed by atoms with E-state index in [4.69, 9.17) is 9.47 Å². The third kappa shape index (κ3) is 5.21. The molecule has 6 rings (SSSR count). The van der Waals surface area contributed by atoms with Crippen LogP contribution in [-0.4, -0.2) is 28.1 Å². The van der Waals surface area contributed by atoms with Gasteiger partial charge in [-0.15, -0.1) is 0 Å². The average molecular weight is 560 g/mol. The van der Waals surface area contributed by atoms with Gasteiger partial charge in [-0.05, 0) is 23.3 Å². The molecular formula is C35H31N2O5+.